The van der Waals surface area contributed by atoms with Crippen LogP contribution in [-0.2, 0) is 17.9 Å². The van der Waals surface area contributed by atoms with Gasteiger partial charge < -0.3 is 10.2 Å². The van der Waals surface area contributed by atoms with Gasteiger partial charge in [-0.15, -0.1) is 11.8 Å². The molecule has 3 aromatic rings. The van der Waals surface area contributed by atoms with Crippen LogP contribution in [0.25, 0.3) is 6.08 Å². The monoisotopic (exact) mass is 500 g/mol. The van der Waals surface area contributed by atoms with Crippen molar-refractivity contribution in [2.75, 3.05) is 0 Å². The fourth-order valence-electron chi connectivity index (χ4n) is 4.93. The lowest BCUT2D eigenvalue weighted by atomic mass is 9.92. The molecular weight excluding hydrogens is 471 g/mol. The number of fused-ring (bicyclic) bond motifs is 1. The van der Waals surface area contributed by atoms with Gasteiger partial charge in [0.15, 0.2) is 0 Å². The molecule has 1 aliphatic heterocycles. The van der Waals surface area contributed by atoms with Crippen LogP contribution in [0, 0.1) is 5.82 Å². The van der Waals surface area contributed by atoms with Crippen LogP contribution >= 0.6 is 11.8 Å². The van der Waals surface area contributed by atoms with Crippen molar-refractivity contribution < 1.29 is 14.0 Å². The highest BCUT2D eigenvalue weighted by Crippen LogP contribution is 2.42. The van der Waals surface area contributed by atoms with Gasteiger partial charge in [0, 0.05) is 35.5 Å². The number of hydrogen-bond acceptors (Lipinski definition) is 3. The van der Waals surface area contributed by atoms with E-state index >= 15 is 0 Å². The van der Waals surface area contributed by atoms with Crippen molar-refractivity contribution in [3.05, 3.63) is 112 Å². The molecule has 2 atom stereocenters. The fourth-order valence-corrected chi connectivity index (χ4v) is 6.41. The van der Waals surface area contributed by atoms with E-state index in [0.717, 1.165) is 36.8 Å². The second-order valence-electron chi connectivity index (χ2n) is 9.33. The van der Waals surface area contributed by atoms with Gasteiger partial charge in [0.1, 0.15) is 5.82 Å². The number of nitrogens with zero attached hydrogens (tertiary/aromatic N) is 1. The zero-order chi connectivity index (χ0) is 24.9. The molecule has 5 rings (SSSR count). The highest BCUT2D eigenvalue weighted by molar-refractivity contribution is 8.04. The first-order valence-electron chi connectivity index (χ1n) is 12.4. The van der Waals surface area contributed by atoms with Crippen molar-refractivity contribution in [3.63, 3.8) is 0 Å². The van der Waals surface area contributed by atoms with E-state index in [4.69, 9.17) is 0 Å². The van der Waals surface area contributed by atoms with Crippen LogP contribution in [0.2, 0.25) is 0 Å². The number of nitrogens with one attached hydrogen (secondary N) is 1. The molecule has 2 fully saturated rings. The molecule has 0 bridgehead atoms. The Balaban J connectivity index is 1.31. The van der Waals surface area contributed by atoms with Crippen molar-refractivity contribution in [1.82, 2.24) is 10.2 Å². The van der Waals surface area contributed by atoms with Crippen molar-refractivity contribution >= 4 is 29.7 Å². The van der Waals surface area contributed by atoms with Gasteiger partial charge in [0.25, 0.3) is 11.8 Å². The molecule has 4 nitrogen and oxygen atoms in total. The van der Waals surface area contributed by atoms with Gasteiger partial charge in [-0.3, -0.25) is 9.59 Å². The average molecular weight is 501 g/mol. The molecule has 6 heteroatoms. The summed E-state index contributed by atoms with van der Waals surface area (Å²) in [5.74, 6) is -0.457. The zero-order valence-electron chi connectivity index (χ0n) is 20.0. The third kappa shape index (κ3) is 5.54. The summed E-state index contributed by atoms with van der Waals surface area (Å²) in [5, 5.41) is 3.26. The van der Waals surface area contributed by atoms with E-state index in [9.17, 15) is 14.0 Å². The lowest BCUT2D eigenvalue weighted by Crippen LogP contribution is -2.50. The standard InChI is InChI=1S/C30H29FN2O2S/c31-25-11-5-4-10-24(25)20-33-26-12-6-7-13-27(26)36-28(30(33)35)18-21-14-16-23(17-15-21)29(34)32-19-22-8-2-1-3-9-22/h1-5,8-11,14-18,26-27H,6-7,12-13,19-20H2,(H,32,34)/b28-18-. The van der Waals surface area contributed by atoms with E-state index in [1.54, 1.807) is 36.0 Å². The van der Waals surface area contributed by atoms with Crippen LogP contribution in [0.1, 0.15) is 52.7 Å². The highest BCUT2D eigenvalue weighted by Gasteiger charge is 2.40. The molecule has 36 heavy (non-hydrogen) atoms. The molecule has 2 aliphatic rings. The highest BCUT2D eigenvalue weighted by atomic mass is 32.2. The van der Waals surface area contributed by atoms with Gasteiger partial charge >= 0.3 is 0 Å². The van der Waals surface area contributed by atoms with Crippen molar-refractivity contribution in [2.24, 2.45) is 0 Å². The SMILES string of the molecule is O=C(NCc1ccccc1)c1ccc(/C=C2\SC3CCCCC3N(Cc3ccccc3F)C2=O)cc1. The molecule has 2 unspecified atom stereocenters. The number of halogens is 1. The van der Waals surface area contributed by atoms with Crippen LogP contribution in [0.5, 0.6) is 0 Å². The Morgan fingerprint density at radius 2 is 1.69 bits per heavy atom. The lowest BCUT2D eigenvalue weighted by Gasteiger charge is -2.44. The summed E-state index contributed by atoms with van der Waals surface area (Å²) in [6.45, 7) is 0.752. The molecular formula is C30H29FN2O2S. The van der Waals surface area contributed by atoms with Gasteiger partial charge in [-0.1, -0.05) is 73.5 Å². The number of rotatable bonds is 6. The van der Waals surface area contributed by atoms with E-state index in [2.05, 4.69) is 5.32 Å². The minimum atomic E-state index is -0.275. The summed E-state index contributed by atoms with van der Waals surface area (Å²) < 4.78 is 14.4. The molecule has 3 aromatic carbocycles. The van der Waals surface area contributed by atoms with Crippen LogP contribution in [-0.4, -0.2) is 28.0 Å². The smallest absolute Gasteiger partial charge is 0.260 e. The van der Waals surface area contributed by atoms with E-state index in [1.165, 1.54) is 6.07 Å². The molecule has 184 valence electrons. The number of amides is 2. The first-order chi connectivity index (χ1) is 17.6. The maximum Gasteiger partial charge on any atom is 0.260 e. The van der Waals surface area contributed by atoms with Crippen LogP contribution in [0.4, 0.5) is 4.39 Å². The van der Waals surface area contributed by atoms with Crippen molar-refractivity contribution in [1.29, 1.82) is 0 Å². The van der Waals surface area contributed by atoms with E-state index in [1.807, 2.05) is 59.5 Å². The normalized spacial score (nSPS) is 20.8. The fraction of sp³-hybridized carbons (Fsp3) is 0.267. The van der Waals surface area contributed by atoms with Gasteiger partial charge in [0.05, 0.1) is 4.91 Å². The maximum atomic E-state index is 14.4. The maximum absolute atomic E-state index is 14.4. The average Bonchev–Trinajstić information content (AvgIpc) is 2.91. The van der Waals surface area contributed by atoms with Crippen molar-refractivity contribution in [2.45, 2.75) is 50.1 Å². The summed E-state index contributed by atoms with van der Waals surface area (Å²) in [5.41, 5.74) is 3.03. The first-order valence-corrected chi connectivity index (χ1v) is 13.3. The zero-order valence-corrected chi connectivity index (χ0v) is 20.8. The summed E-state index contributed by atoms with van der Waals surface area (Å²) in [4.78, 5) is 28.6. The van der Waals surface area contributed by atoms with Gasteiger partial charge in [0.2, 0.25) is 0 Å². The molecule has 0 spiro atoms. The largest absolute Gasteiger partial charge is 0.348 e. The number of thioether (sulfide) groups is 1. The second-order valence-corrected chi connectivity index (χ2v) is 10.6. The summed E-state index contributed by atoms with van der Waals surface area (Å²) in [6, 6.07) is 23.9. The summed E-state index contributed by atoms with van der Waals surface area (Å²) in [7, 11) is 0. The Labute approximate surface area is 215 Å². The Morgan fingerprint density at radius 3 is 2.47 bits per heavy atom. The van der Waals surface area contributed by atoms with E-state index in [0.29, 0.717) is 27.8 Å². The Morgan fingerprint density at radius 1 is 0.972 bits per heavy atom. The van der Waals surface area contributed by atoms with Crippen LogP contribution < -0.4 is 5.32 Å². The molecule has 0 radical (unpaired) electrons. The first kappa shape index (κ1) is 24.3. The van der Waals surface area contributed by atoms with Crippen LogP contribution in [0.3, 0.4) is 0 Å². The number of carbonyl (C=O) groups is 2. The minimum absolute atomic E-state index is 0.0453. The molecule has 1 N–H and O–H groups in total. The Bertz CT molecular complexity index is 1260. The minimum Gasteiger partial charge on any atom is -0.348 e. The van der Waals surface area contributed by atoms with E-state index < -0.39 is 0 Å². The third-order valence-corrected chi connectivity index (χ3v) is 8.28. The molecule has 1 saturated heterocycles. The topological polar surface area (TPSA) is 49.4 Å². The molecule has 1 heterocycles. The van der Waals surface area contributed by atoms with Gasteiger partial charge in [-0.2, -0.15) is 0 Å². The Hall–Kier alpha value is -3.38. The number of carbonyl (C=O) groups excluding carboxylic acids is 2. The number of benzene rings is 3. The number of hydrogen-bond donors (Lipinski definition) is 1. The quantitative estimate of drug-likeness (QED) is 0.411. The molecule has 2 amide bonds. The third-order valence-electron chi connectivity index (χ3n) is 6.88. The van der Waals surface area contributed by atoms with Gasteiger partial charge in [-0.25, -0.2) is 4.39 Å². The van der Waals surface area contributed by atoms with Gasteiger partial charge in [-0.05, 0) is 48.2 Å². The lowest BCUT2D eigenvalue weighted by molar-refractivity contribution is -0.130. The van der Waals surface area contributed by atoms with Crippen molar-refractivity contribution in [3.8, 4) is 0 Å². The summed E-state index contributed by atoms with van der Waals surface area (Å²) in [6.07, 6.45) is 6.15. The van der Waals surface area contributed by atoms with E-state index in [-0.39, 0.29) is 30.2 Å². The predicted octanol–water partition coefficient (Wildman–Crippen LogP) is 6.18. The Kier molecular flexibility index (Phi) is 7.52. The van der Waals surface area contributed by atoms with Crippen LogP contribution in [0.15, 0.2) is 83.8 Å². The molecule has 0 aromatic heterocycles. The molecule has 1 saturated carbocycles. The second kappa shape index (κ2) is 11.1. The molecule has 1 aliphatic carbocycles. The summed E-state index contributed by atoms with van der Waals surface area (Å²) >= 11 is 1.65. The predicted molar refractivity (Wildman–Crippen MR) is 143 cm³/mol.